The van der Waals surface area contributed by atoms with Crippen LogP contribution in [0.15, 0.2) is 24.7 Å². The Balaban J connectivity index is 2.07. The van der Waals surface area contributed by atoms with Gasteiger partial charge < -0.3 is 5.32 Å². The maximum Gasteiger partial charge on any atom is 0.146 e. The second-order valence-corrected chi connectivity index (χ2v) is 3.28. The minimum atomic E-state index is -0.0112. The molecule has 2 N–H and O–H groups in total. The van der Waals surface area contributed by atoms with E-state index in [4.69, 9.17) is 5.26 Å². The van der Waals surface area contributed by atoms with Crippen LogP contribution in [-0.4, -0.2) is 20.2 Å². The molecule has 1 unspecified atom stereocenters. The Morgan fingerprint density at radius 2 is 2.31 bits per heavy atom. The van der Waals surface area contributed by atoms with E-state index in [2.05, 4.69) is 25.5 Å². The van der Waals surface area contributed by atoms with Gasteiger partial charge in [0.25, 0.3) is 0 Å². The van der Waals surface area contributed by atoms with E-state index < -0.39 is 0 Å². The number of anilines is 1. The van der Waals surface area contributed by atoms with Gasteiger partial charge in [0.2, 0.25) is 0 Å². The molecule has 0 aliphatic heterocycles. The van der Waals surface area contributed by atoms with E-state index in [-0.39, 0.29) is 6.04 Å². The van der Waals surface area contributed by atoms with E-state index >= 15 is 0 Å². The molecule has 2 aromatic heterocycles. The molecule has 0 aliphatic carbocycles. The van der Waals surface area contributed by atoms with Gasteiger partial charge in [-0.2, -0.15) is 10.4 Å². The Bertz CT molecular complexity index is 481. The molecule has 0 radical (unpaired) electrons. The van der Waals surface area contributed by atoms with E-state index in [0.29, 0.717) is 11.4 Å². The second-order valence-electron chi connectivity index (χ2n) is 3.28. The molecule has 0 aliphatic rings. The van der Waals surface area contributed by atoms with Crippen molar-refractivity contribution in [1.82, 2.24) is 20.2 Å². The lowest BCUT2D eigenvalue weighted by atomic mass is 10.3. The molecule has 2 aromatic rings. The van der Waals surface area contributed by atoms with Crippen LogP contribution in [0.4, 0.5) is 5.82 Å². The van der Waals surface area contributed by atoms with Crippen LogP contribution in [0.5, 0.6) is 0 Å². The van der Waals surface area contributed by atoms with Crippen molar-refractivity contribution in [2.24, 2.45) is 0 Å². The van der Waals surface area contributed by atoms with Gasteiger partial charge in [-0.25, -0.2) is 9.97 Å². The van der Waals surface area contributed by atoms with Crippen LogP contribution >= 0.6 is 0 Å². The molecule has 1 atom stereocenters. The summed E-state index contributed by atoms with van der Waals surface area (Å²) < 4.78 is 0. The van der Waals surface area contributed by atoms with E-state index in [1.807, 2.05) is 13.0 Å². The highest BCUT2D eigenvalue weighted by molar-refractivity contribution is 5.40. The number of hydrogen-bond acceptors (Lipinski definition) is 5. The van der Waals surface area contributed by atoms with Crippen molar-refractivity contribution in [3.05, 3.63) is 36.0 Å². The summed E-state index contributed by atoms with van der Waals surface area (Å²) in [5, 5.41) is 18.3. The van der Waals surface area contributed by atoms with E-state index in [9.17, 15) is 0 Å². The summed E-state index contributed by atoms with van der Waals surface area (Å²) in [6.07, 6.45) is 2.98. The van der Waals surface area contributed by atoms with Crippen molar-refractivity contribution in [2.75, 3.05) is 5.32 Å². The molecule has 0 fully saturated rings. The molecule has 0 saturated carbocycles. The van der Waals surface area contributed by atoms with Gasteiger partial charge >= 0.3 is 0 Å². The molecule has 0 amide bonds. The van der Waals surface area contributed by atoms with Crippen molar-refractivity contribution in [3.63, 3.8) is 0 Å². The number of H-pyrrole nitrogens is 1. The first-order valence-electron chi connectivity index (χ1n) is 4.77. The first-order chi connectivity index (χ1) is 7.79. The Morgan fingerprint density at radius 1 is 1.44 bits per heavy atom. The molecule has 2 rings (SSSR count). The predicted octanol–water partition coefficient (Wildman–Crippen LogP) is 1.24. The molecule has 0 aromatic carbocycles. The Labute approximate surface area is 92.4 Å². The summed E-state index contributed by atoms with van der Waals surface area (Å²) in [7, 11) is 0. The number of hydrogen-bond donors (Lipinski definition) is 2. The number of nitrogens with one attached hydrogen (secondary N) is 2. The Kier molecular flexibility index (Phi) is 2.78. The van der Waals surface area contributed by atoms with Crippen molar-refractivity contribution >= 4 is 5.82 Å². The zero-order valence-corrected chi connectivity index (χ0v) is 8.68. The quantitative estimate of drug-likeness (QED) is 0.802. The third-order valence-corrected chi connectivity index (χ3v) is 2.10. The summed E-state index contributed by atoms with van der Waals surface area (Å²) in [6, 6.07) is 5.47. The summed E-state index contributed by atoms with van der Waals surface area (Å²) in [5.41, 5.74) is 0.540. The molecular weight excluding hydrogens is 204 g/mol. The zero-order chi connectivity index (χ0) is 11.4. The lowest BCUT2D eigenvalue weighted by Gasteiger charge is -2.10. The number of pyridine rings is 1. The van der Waals surface area contributed by atoms with Crippen LogP contribution in [0, 0.1) is 11.3 Å². The smallest absolute Gasteiger partial charge is 0.146 e. The highest BCUT2D eigenvalue weighted by Gasteiger charge is 2.08. The number of nitriles is 1. The average molecular weight is 214 g/mol. The molecule has 80 valence electrons. The number of aromatic amines is 1. The lowest BCUT2D eigenvalue weighted by molar-refractivity contribution is 0.790. The van der Waals surface area contributed by atoms with E-state index in [1.165, 1.54) is 12.5 Å². The lowest BCUT2D eigenvalue weighted by Crippen LogP contribution is -2.09. The number of aromatic nitrogens is 4. The summed E-state index contributed by atoms with van der Waals surface area (Å²) in [4.78, 5) is 8.14. The Hall–Kier alpha value is -2.42. The predicted molar refractivity (Wildman–Crippen MR) is 57.4 cm³/mol. The zero-order valence-electron chi connectivity index (χ0n) is 8.68. The van der Waals surface area contributed by atoms with Crippen LogP contribution in [0.1, 0.15) is 24.4 Å². The number of nitrogens with zero attached hydrogens (tertiary/aromatic N) is 4. The molecule has 0 bridgehead atoms. The van der Waals surface area contributed by atoms with Crippen molar-refractivity contribution in [1.29, 1.82) is 5.26 Å². The molecule has 2 heterocycles. The van der Waals surface area contributed by atoms with Gasteiger partial charge in [0.05, 0.1) is 11.6 Å². The van der Waals surface area contributed by atoms with Crippen molar-refractivity contribution in [2.45, 2.75) is 13.0 Å². The SMILES string of the molecule is CC(Nc1ccc(C#N)cn1)c1ncn[nH]1. The molecule has 0 saturated heterocycles. The van der Waals surface area contributed by atoms with Gasteiger partial charge in [-0.15, -0.1) is 0 Å². The van der Waals surface area contributed by atoms with Crippen molar-refractivity contribution in [3.8, 4) is 6.07 Å². The minimum Gasteiger partial charge on any atom is -0.360 e. The third-order valence-electron chi connectivity index (χ3n) is 2.10. The maximum atomic E-state index is 8.63. The van der Waals surface area contributed by atoms with Gasteiger partial charge in [-0.1, -0.05) is 0 Å². The minimum absolute atomic E-state index is 0.0112. The van der Waals surface area contributed by atoms with Crippen LogP contribution in [0.2, 0.25) is 0 Å². The van der Waals surface area contributed by atoms with E-state index in [1.54, 1.807) is 12.1 Å². The first kappa shape index (κ1) is 10.1. The van der Waals surface area contributed by atoms with Gasteiger partial charge in [0, 0.05) is 6.20 Å². The van der Waals surface area contributed by atoms with Gasteiger partial charge in [-0.05, 0) is 19.1 Å². The van der Waals surface area contributed by atoms with Crippen LogP contribution in [0.3, 0.4) is 0 Å². The molecular formula is C10H10N6. The Morgan fingerprint density at radius 3 is 2.88 bits per heavy atom. The van der Waals surface area contributed by atoms with Crippen LogP contribution in [-0.2, 0) is 0 Å². The summed E-state index contributed by atoms with van der Waals surface area (Å²) in [6.45, 7) is 1.94. The normalized spacial score (nSPS) is 11.8. The largest absolute Gasteiger partial charge is 0.360 e. The maximum absolute atomic E-state index is 8.63. The summed E-state index contributed by atoms with van der Waals surface area (Å²) >= 11 is 0. The summed E-state index contributed by atoms with van der Waals surface area (Å²) in [5.74, 6) is 1.44. The first-order valence-corrected chi connectivity index (χ1v) is 4.77. The third kappa shape index (κ3) is 2.15. The fourth-order valence-corrected chi connectivity index (χ4v) is 1.26. The standard InChI is InChI=1S/C10H10N6/c1-7(10-13-6-14-16-10)15-9-3-2-8(4-11)5-12-9/h2-3,5-7H,1H3,(H,12,15)(H,13,14,16). The average Bonchev–Trinajstić information content (AvgIpc) is 2.83. The second kappa shape index (κ2) is 4.40. The molecule has 6 heteroatoms. The van der Waals surface area contributed by atoms with Crippen LogP contribution < -0.4 is 5.32 Å². The highest BCUT2D eigenvalue weighted by atomic mass is 15.2. The van der Waals surface area contributed by atoms with Gasteiger partial charge in [-0.3, -0.25) is 5.10 Å². The number of rotatable bonds is 3. The van der Waals surface area contributed by atoms with Gasteiger partial charge in [0.15, 0.2) is 0 Å². The topological polar surface area (TPSA) is 90.3 Å². The van der Waals surface area contributed by atoms with E-state index in [0.717, 1.165) is 5.82 Å². The fraction of sp³-hybridized carbons (Fsp3) is 0.200. The molecule has 0 spiro atoms. The molecule has 6 nitrogen and oxygen atoms in total. The highest BCUT2D eigenvalue weighted by Crippen LogP contribution is 2.13. The van der Waals surface area contributed by atoms with Gasteiger partial charge in [0.1, 0.15) is 24.0 Å². The molecule has 16 heavy (non-hydrogen) atoms. The van der Waals surface area contributed by atoms with Crippen LogP contribution in [0.25, 0.3) is 0 Å². The fourth-order valence-electron chi connectivity index (χ4n) is 1.26. The van der Waals surface area contributed by atoms with Crippen molar-refractivity contribution < 1.29 is 0 Å². The monoisotopic (exact) mass is 214 g/mol.